The third-order valence-electron chi connectivity index (χ3n) is 11.4. The van der Waals surface area contributed by atoms with E-state index in [1.54, 1.807) is 85.8 Å². The molecule has 2 atom stereocenters. The molecule has 0 unspecified atom stereocenters. The van der Waals surface area contributed by atoms with Crippen LogP contribution in [0.4, 0.5) is 4.39 Å². The number of ketones is 3. The molecule has 2 aliphatic heterocycles. The van der Waals surface area contributed by atoms with Crippen molar-refractivity contribution in [1.82, 2.24) is 10.2 Å². The average Bonchev–Trinajstić information content (AvgIpc) is 3.88. The average molecular weight is 1010 g/mol. The summed E-state index contributed by atoms with van der Waals surface area (Å²) in [5, 5.41) is 29.2. The number of carbonyl (C=O) groups excluding carboxylic acids is 5. The number of halogens is 4. The van der Waals surface area contributed by atoms with Crippen LogP contribution in [0.15, 0.2) is 121 Å². The number of amides is 1. The van der Waals surface area contributed by atoms with E-state index in [0.29, 0.717) is 27.2 Å². The molecule has 0 spiro atoms. The first-order valence-corrected chi connectivity index (χ1v) is 23.1. The maximum atomic E-state index is 14.7. The van der Waals surface area contributed by atoms with Gasteiger partial charge >= 0.3 is 11.9 Å². The highest BCUT2D eigenvalue weighted by molar-refractivity contribution is 6.43. The van der Waals surface area contributed by atoms with Crippen LogP contribution in [0.25, 0.3) is 32.3 Å². The lowest BCUT2D eigenvalue weighted by molar-refractivity contribution is -0.137. The summed E-state index contributed by atoms with van der Waals surface area (Å²) >= 11 is 17.8. The zero-order valence-electron chi connectivity index (χ0n) is 37.4. The van der Waals surface area contributed by atoms with Gasteiger partial charge in [0.2, 0.25) is 5.78 Å². The molecule has 360 valence electrons. The highest BCUT2D eigenvalue weighted by Gasteiger charge is 2.31. The van der Waals surface area contributed by atoms with Gasteiger partial charge in [0.05, 0.1) is 12.6 Å². The van der Waals surface area contributed by atoms with Gasteiger partial charge in [-0.25, -0.2) is 14.0 Å². The number of ether oxygens (including phenoxy) is 3. The standard InChI is InChI=1S/C27H26ClFN2O5.C14H11ClO3.C12H7ClO3/c28-20-6-5-16-3-4-17(11-18(16)12-20)25(33)27(34)30-22(15-31-7-1-2-8-31)24(32)19-13-21(29)26-23(14-19)35-9-10-36-26;1-2-18-14(17)13(16)10-4-3-9-5-6-12(15)8-11(9)7-10;13-10-4-3-7-1-2-8(5-9(7)6-10)11(14)12(15)16/h3-6,11-14,22,24,32H,1-2,7-10,15H2,(H,30,34);3-8H,2H2,1H3;1-6H,(H,15,16)/t22-,24-;;/m1../s1. The maximum absolute atomic E-state index is 14.7. The first-order chi connectivity index (χ1) is 33.6. The summed E-state index contributed by atoms with van der Waals surface area (Å²) in [6.07, 6.45) is 0.741. The fraction of sp³-hybridized carbons (Fsp3) is 0.208. The topological polar surface area (TPSA) is 186 Å². The van der Waals surface area contributed by atoms with Gasteiger partial charge in [-0.1, -0.05) is 89.4 Å². The molecule has 17 heteroatoms. The van der Waals surface area contributed by atoms with E-state index in [4.69, 9.17) is 49.4 Å². The van der Waals surface area contributed by atoms with E-state index in [2.05, 4.69) is 15.0 Å². The zero-order chi connectivity index (χ0) is 50.1. The molecular weight excluding hydrogens is 966 g/mol. The lowest BCUT2D eigenvalue weighted by Crippen LogP contribution is -2.48. The summed E-state index contributed by atoms with van der Waals surface area (Å²) < 4.78 is 30.1. The van der Waals surface area contributed by atoms with Gasteiger partial charge in [-0.05, 0) is 137 Å². The molecule has 0 bridgehead atoms. The Morgan fingerprint density at radius 2 is 1.11 bits per heavy atom. The number of carboxylic acids is 1. The second-order valence-electron chi connectivity index (χ2n) is 16.2. The van der Waals surface area contributed by atoms with Crippen molar-refractivity contribution in [1.29, 1.82) is 0 Å². The number of hydrogen-bond acceptors (Lipinski definition) is 11. The third kappa shape index (κ3) is 12.6. The van der Waals surface area contributed by atoms with Crippen molar-refractivity contribution >= 4 is 102 Å². The minimum Gasteiger partial charge on any atom is -0.486 e. The minimum absolute atomic E-state index is 0.00362. The number of fused-ring (bicyclic) bond motifs is 4. The minimum atomic E-state index is -1.46. The number of rotatable bonds is 12. The van der Waals surface area contributed by atoms with E-state index in [1.165, 1.54) is 24.3 Å². The van der Waals surface area contributed by atoms with E-state index >= 15 is 0 Å². The molecule has 70 heavy (non-hydrogen) atoms. The lowest BCUT2D eigenvalue weighted by atomic mass is 9.99. The number of esters is 1. The second kappa shape index (κ2) is 23.1. The number of nitrogens with one attached hydrogen (secondary N) is 1. The molecule has 0 radical (unpaired) electrons. The molecule has 1 fully saturated rings. The van der Waals surface area contributed by atoms with Gasteiger partial charge < -0.3 is 34.6 Å². The van der Waals surface area contributed by atoms with Gasteiger partial charge in [0.15, 0.2) is 17.3 Å². The first kappa shape index (κ1) is 50.9. The quantitative estimate of drug-likeness (QED) is 0.0599. The Hall–Kier alpha value is -6.94. The number of Topliss-reactive ketones (excluding diaryl/α,β-unsaturated/α-hetero) is 3. The van der Waals surface area contributed by atoms with Crippen molar-refractivity contribution in [2.75, 3.05) is 39.5 Å². The van der Waals surface area contributed by atoms with Gasteiger partial charge in [0.1, 0.15) is 19.3 Å². The van der Waals surface area contributed by atoms with E-state index in [9.17, 15) is 38.3 Å². The zero-order valence-corrected chi connectivity index (χ0v) is 39.7. The summed E-state index contributed by atoms with van der Waals surface area (Å²) in [4.78, 5) is 73.0. The molecule has 13 nitrogen and oxygen atoms in total. The molecule has 7 aromatic carbocycles. The number of aliphatic hydroxyl groups is 1. The summed E-state index contributed by atoms with van der Waals surface area (Å²) in [6.45, 7) is 4.29. The van der Waals surface area contributed by atoms with Crippen LogP contribution in [0, 0.1) is 5.82 Å². The van der Waals surface area contributed by atoms with E-state index in [-0.39, 0.29) is 48.0 Å². The Labute approximate surface area is 415 Å². The van der Waals surface area contributed by atoms with Crippen LogP contribution in [0.2, 0.25) is 15.1 Å². The number of aliphatic hydroxyl groups excluding tert-OH is 1. The van der Waals surface area contributed by atoms with Crippen LogP contribution in [0.3, 0.4) is 0 Å². The molecule has 0 aromatic heterocycles. The largest absolute Gasteiger partial charge is 0.486 e. The summed E-state index contributed by atoms with van der Waals surface area (Å²) in [7, 11) is 0. The highest BCUT2D eigenvalue weighted by Crippen LogP contribution is 2.37. The molecule has 2 heterocycles. The third-order valence-corrected chi connectivity index (χ3v) is 12.1. The van der Waals surface area contributed by atoms with Crippen molar-refractivity contribution in [2.24, 2.45) is 0 Å². The SMILES string of the molecule is CCOC(=O)C(=O)c1ccc2ccc(Cl)cc2c1.O=C(N[C@H](CN1CCCC1)[C@H](O)c1cc(F)c2c(c1)OCCO2)C(=O)c1ccc2ccc(Cl)cc2c1.O=C(O)C(=O)c1ccc2ccc(Cl)cc2c1. The van der Waals surface area contributed by atoms with Crippen LogP contribution in [0.5, 0.6) is 11.5 Å². The van der Waals surface area contributed by atoms with Gasteiger partial charge in [-0.15, -0.1) is 0 Å². The number of carboxylic acid groups (broad SMARTS) is 1. The van der Waals surface area contributed by atoms with Crippen LogP contribution in [-0.4, -0.2) is 95.8 Å². The van der Waals surface area contributed by atoms with Crippen LogP contribution < -0.4 is 14.8 Å². The summed E-state index contributed by atoms with van der Waals surface area (Å²) in [5.41, 5.74) is 0.904. The number of aliphatic carboxylic acids is 1. The van der Waals surface area contributed by atoms with Crippen molar-refractivity contribution < 1.29 is 57.6 Å². The van der Waals surface area contributed by atoms with Crippen LogP contribution in [-0.2, 0) is 19.1 Å². The number of benzene rings is 7. The smallest absolute Gasteiger partial charge is 0.379 e. The van der Waals surface area contributed by atoms with Gasteiger partial charge in [0.25, 0.3) is 17.5 Å². The van der Waals surface area contributed by atoms with Crippen molar-refractivity contribution in [3.05, 3.63) is 164 Å². The van der Waals surface area contributed by atoms with Gasteiger partial charge in [-0.3, -0.25) is 19.2 Å². The molecule has 3 N–H and O–H groups in total. The number of nitrogens with zero attached hydrogens (tertiary/aromatic N) is 1. The Morgan fingerprint density at radius 1 is 0.643 bits per heavy atom. The lowest BCUT2D eigenvalue weighted by Gasteiger charge is -2.29. The number of carbonyl (C=O) groups is 6. The molecular formula is C53H44Cl3FN2O11. The van der Waals surface area contributed by atoms with Crippen LogP contribution >= 0.6 is 34.8 Å². The molecule has 2 aliphatic rings. The molecule has 9 rings (SSSR count). The monoisotopic (exact) mass is 1010 g/mol. The first-order valence-electron chi connectivity index (χ1n) is 22.0. The molecule has 1 saturated heterocycles. The number of likely N-dealkylation sites (tertiary alicyclic amines) is 1. The van der Waals surface area contributed by atoms with E-state index in [0.717, 1.165) is 58.2 Å². The van der Waals surface area contributed by atoms with Crippen molar-refractivity contribution in [3.8, 4) is 11.5 Å². The Bertz CT molecular complexity index is 3160. The molecule has 7 aromatic rings. The Kier molecular flexibility index (Phi) is 16.8. The van der Waals surface area contributed by atoms with E-state index in [1.807, 2.05) is 18.2 Å². The summed E-state index contributed by atoms with van der Waals surface area (Å²) in [6, 6.07) is 32.5. The van der Waals surface area contributed by atoms with Crippen molar-refractivity contribution in [3.63, 3.8) is 0 Å². The van der Waals surface area contributed by atoms with Gasteiger partial charge in [-0.2, -0.15) is 0 Å². The predicted octanol–water partition coefficient (Wildman–Crippen LogP) is 9.90. The summed E-state index contributed by atoms with van der Waals surface area (Å²) in [5.74, 6) is -5.88. The van der Waals surface area contributed by atoms with Gasteiger partial charge in [0, 0.05) is 38.3 Å². The number of hydrogen-bond donors (Lipinski definition) is 3. The maximum Gasteiger partial charge on any atom is 0.379 e. The fourth-order valence-corrected chi connectivity index (χ4v) is 8.42. The van der Waals surface area contributed by atoms with Crippen molar-refractivity contribution in [2.45, 2.75) is 31.9 Å². The second-order valence-corrected chi connectivity index (χ2v) is 17.5. The Morgan fingerprint density at radius 3 is 1.61 bits per heavy atom. The molecule has 0 saturated carbocycles. The normalized spacial score (nSPS) is 13.8. The fourth-order valence-electron chi connectivity index (χ4n) is 7.88. The molecule has 0 aliphatic carbocycles. The van der Waals surface area contributed by atoms with E-state index < -0.39 is 53.2 Å². The predicted molar refractivity (Wildman–Crippen MR) is 264 cm³/mol. The van der Waals surface area contributed by atoms with Crippen LogP contribution in [0.1, 0.15) is 62.5 Å². The molecule has 1 amide bonds. The Balaban J connectivity index is 0.000000176. The highest BCUT2D eigenvalue weighted by atomic mass is 35.5.